The Bertz CT molecular complexity index is 430. The van der Waals surface area contributed by atoms with E-state index in [1.807, 2.05) is 0 Å². The average molecular weight is 287 g/mol. The molecule has 0 saturated heterocycles. The van der Waals surface area contributed by atoms with Crippen LogP contribution in [0.5, 0.6) is 5.75 Å². The maximum Gasteiger partial charge on any atom is 0.573 e. The SMILES string of the molecule is CC(Cl)C(=O)c1ccc(Cl)cc1OC(F)(F)F. The lowest BCUT2D eigenvalue weighted by molar-refractivity contribution is -0.274. The Kier molecular flexibility index (Phi) is 4.27. The second-order valence-corrected chi connectivity index (χ2v) is 4.26. The van der Waals surface area contributed by atoms with Crippen molar-refractivity contribution in [1.29, 1.82) is 0 Å². The van der Waals surface area contributed by atoms with Crippen molar-refractivity contribution in [3.63, 3.8) is 0 Å². The van der Waals surface area contributed by atoms with Gasteiger partial charge in [0.25, 0.3) is 0 Å². The zero-order valence-corrected chi connectivity index (χ0v) is 10.0. The molecule has 2 nitrogen and oxygen atoms in total. The van der Waals surface area contributed by atoms with E-state index in [1.165, 1.54) is 13.0 Å². The summed E-state index contributed by atoms with van der Waals surface area (Å²) in [5, 5.41) is -0.921. The number of hydrogen-bond acceptors (Lipinski definition) is 2. The van der Waals surface area contributed by atoms with E-state index in [1.54, 1.807) is 0 Å². The summed E-state index contributed by atoms with van der Waals surface area (Å²) in [5.41, 5.74) is -0.255. The van der Waals surface area contributed by atoms with Crippen molar-refractivity contribution < 1.29 is 22.7 Å². The summed E-state index contributed by atoms with van der Waals surface area (Å²) < 4.78 is 40.0. The van der Waals surface area contributed by atoms with Crippen molar-refractivity contribution in [1.82, 2.24) is 0 Å². The smallest absolute Gasteiger partial charge is 0.405 e. The van der Waals surface area contributed by atoms with Gasteiger partial charge in [-0.25, -0.2) is 0 Å². The van der Waals surface area contributed by atoms with Crippen molar-refractivity contribution >= 4 is 29.0 Å². The number of alkyl halides is 4. The third kappa shape index (κ3) is 4.09. The number of rotatable bonds is 3. The molecule has 0 aromatic heterocycles. The summed E-state index contributed by atoms with van der Waals surface area (Å²) in [7, 11) is 0. The van der Waals surface area contributed by atoms with Crippen LogP contribution < -0.4 is 4.74 Å². The number of ether oxygens (including phenoxy) is 1. The van der Waals surface area contributed by atoms with E-state index in [2.05, 4.69) is 4.74 Å². The van der Waals surface area contributed by atoms with E-state index in [9.17, 15) is 18.0 Å². The summed E-state index contributed by atoms with van der Waals surface area (Å²) in [6.45, 7) is 1.36. The first kappa shape index (κ1) is 14.1. The maximum absolute atomic E-state index is 12.1. The Morgan fingerprint density at radius 3 is 2.47 bits per heavy atom. The molecular weight excluding hydrogens is 280 g/mol. The minimum Gasteiger partial charge on any atom is -0.405 e. The Morgan fingerprint density at radius 2 is 2.00 bits per heavy atom. The molecule has 0 aliphatic heterocycles. The predicted octanol–water partition coefficient (Wildman–Crippen LogP) is 4.05. The monoisotopic (exact) mass is 286 g/mol. The Labute approximate surface area is 105 Å². The van der Waals surface area contributed by atoms with Crippen LogP contribution in [0.2, 0.25) is 5.02 Å². The van der Waals surface area contributed by atoms with E-state index >= 15 is 0 Å². The second-order valence-electron chi connectivity index (χ2n) is 3.17. The summed E-state index contributed by atoms with van der Waals surface area (Å²) in [6.07, 6.45) is -4.89. The van der Waals surface area contributed by atoms with Gasteiger partial charge in [-0.3, -0.25) is 4.79 Å². The highest BCUT2D eigenvalue weighted by atomic mass is 35.5. The second kappa shape index (κ2) is 5.14. The third-order valence-corrected chi connectivity index (χ3v) is 2.23. The highest BCUT2D eigenvalue weighted by Crippen LogP contribution is 2.30. The van der Waals surface area contributed by atoms with Crippen LogP contribution in [0.3, 0.4) is 0 Å². The van der Waals surface area contributed by atoms with Crippen LogP contribution in [-0.4, -0.2) is 17.5 Å². The van der Waals surface area contributed by atoms with E-state index in [4.69, 9.17) is 23.2 Å². The standard InChI is InChI=1S/C10H7Cl2F3O2/c1-5(11)9(16)7-3-2-6(12)4-8(7)17-10(13,14)15/h2-5H,1H3. The van der Waals surface area contributed by atoms with Crippen molar-refractivity contribution in [2.24, 2.45) is 0 Å². The highest BCUT2D eigenvalue weighted by molar-refractivity contribution is 6.34. The number of ketones is 1. The Balaban J connectivity index is 3.17. The molecule has 0 heterocycles. The molecule has 0 spiro atoms. The fourth-order valence-corrected chi connectivity index (χ4v) is 1.40. The summed E-state index contributed by atoms with van der Waals surface area (Å²) in [6, 6.07) is 3.35. The van der Waals surface area contributed by atoms with Crippen LogP contribution in [0.15, 0.2) is 18.2 Å². The van der Waals surface area contributed by atoms with E-state index in [0.29, 0.717) is 0 Å². The van der Waals surface area contributed by atoms with Gasteiger partial charge in [0.15, 0.2) is 5.78 Å². The number of carbonyl (C=O) groups excluding carboxylic acids is 1. The third-order valence-electron chi connectivity index (χ3n) is 1.80. The molecule has 0 aliphatic rings. The fourth-order valence-electron chi connectivity index (χ4n) is 1.12. The Hall–Kier alpha value is -0.940. The van der Waals surface area contributed by atoms with Gasteiger partial charge in [-0.15, -0.1) is 24.8 Å². The molecule has 7 heteroatoms. The van der Waals surface area contributed by atoms with Gasteiger partial charge in [-0.1, -0.05) is 11.6 Å². The van der Waals surface area contributed by atoms with Crippen LogP contribution in [-0.2, 0) is 0 Å². The molecule has 0 aliphatic carbocycles. The lowest BCUT2D eigenvalue weighted by Crippen LogP contribution is -2.20. The number of hydrogen-bond donors (Lipinski definition) is 0. The molecule has 0 N–H and O–H groups in total. The molecule has 1 aromatic carbocycles. The van der Waals surface area contributed by atoms with Gasteiger partial charge in [-0.2, -0.15) is 0 Å². The van der Waals surface area contributed by atoms with E-state index < -0.39 is 23.3 Å². The number of benzene rings is 1. The molecule has 1 aromatic rings. The fraction of sp³-hybridized carbons (Fsp3) is 0.300. The predicted molar refractivity (Wildman–Crippen MR) is 57.8 cm³/mol. The van der Waals surface area contributed by atoms with Crippen LogP contribution in [0.1, 0.15) is 17.3 Å². The largest absolute Gasteiger partial charge is 0.573 e. The molecule has 94 valence electrons. The zero-order valence-electron chi connectivity index (χ0n) is 8.52. The number of carbonyl (C=O) groups is 1. The molecule has 1 atom stereocenters. The maximum atomic E-state index is 12.1. The van der Waals surface area contributed by atoms with Crippen molar-refractivity contribution in [3.05, 3.63) is 28.8 Å². The van der Waals surface area contributed by atoms with Gasteiger partial charge in [0, 0.05) is 5.02 Å². The average Bonchev–Trinajstić information content (AvgIpc) is 2.14. The van der Waals surface area contributed by atoms with Crippen molar-refractivity contribution in [2.75, 3.05) is 0 Å². The van der Waals surface area contributed by atoms with Gasteiger partial charge in [0.2, 0.25) is 0 Å². The molecule has 0 fully saturated rings. The molecule has 1 rings (SSSR count). The first-order valence-electron chi connectivity index (χ1n) is 4.44. The van der Waals surface area contributed by atoms with Gasteiger partial charge in [0.05, 0.1) is 10.9 Å². The first-order chi connectivity index (χ1) is 7.70. The quantitative estimate of drug-likeness (QED) is 0.619. The molecule has 1 unspecified atom stereocenters. The van der Waals surface area contributed by atoms with Gasteiger partial charge in [0.1, 0.15) is 5.75 Å². The van der Waals surface area contributed by atoms with E-state index in [0.717, 1.165) is 12.1 Å². The molecule has 0 saturated carbocycles. The minimum atomic E-state index is -4.89. The summed E-state index contributed by atoms with van der Waals surface area (Å²) in [5.74, 6) is -1.31. The molecule has 17 heavy (non-hydrogen) atoms. The topological polar surface area (TPSA) is 26.3 Å². The lowest BCUT2D eigenvalue weighted by Gasteiger charge is -2.13. The first-order valence-corrected chi connectivity index (χ1v) is 5.25. The molecule has 0 amide bonds. The van der Waals surface area contributed by atoms with Crippen LogP contribution >= 0.6 is 23.2 Å². The summed E-state index contributed by atoms with van der Waals surface area (Å²) in [4.78, 5) is 11.5. The number of Topliss-reactive ketones (excluding diaryl/α,β-unsaturated/α-hetero) is 1. The van der Waals surface area contributed by atoms with Gasteiger partial charge < -0.3 is 4.74 Å². The molecule has 0 radical (unpaired) electrons. The van der Waals surface area contributed by atoms with Crippen molar-refractivity contribution in [2.45, 2.75) is 18.7 Å². The van der Waals surface area contributed by atoms with E-state index in [-0.39, 0.29) is 10.6 Å². The van der Waals surface area contributed by atoms with Crippen LogP contribution in [0.25, 0.3) is 0 Å². The molecule has 0 bridgehead atoms. The Morgan fingerprint density at radius 1 is 1.41 bits per heavy atom. The molecular formula is C10H7Cl2F3O2. The van der Waals surface area contributed by atoms with Crippen molar-refractivity contribution in [3.8, 4) is 5.75 Å². The van der Waals surface area contributed by atoms with Crippen LogP contribution in [0.4, 0.5) is 13.2 Å². The zero-order chi connectivity index (χ0) is 13.2. The highest BCUT2D eigenvalue weighted by Gasteiger charge is 2.33. The number of halogens is 5. The minimum absolute atomic E-state index is 0.0306. The van der Waals surface area contributed by atoms with Gasteiger partial charge in [-0.05, 0) is 25.1 Å². The van der Waals surface area contributed by atoms with Crippen LogP contribution in [0, 0.1) is 0 Å². The normalized spacial score (nSPS) is 13.3. The summed E-state index contributed by atoms with van der Waals surface area (Å²) >= 11 is 11.1. The van der Waals surface area contributed by atoms with Gasteiger partial charge >= 0.3 is 6.36 Å². The lowest BCUT2D eigenvalue weighted by atomic mass is 10.1.